The first-order valence-corrected chi connectivity index (χ1v) is 12.9. The maximum absolute atomic E-state index is 14.1. The van der Waals surface area contributed by atoms with E-state index in [0.29, 0.717) is 34.0 Å². The summed E-state index contributed by atoms with van der Waals surface area (Å²) in [5.41, 5.74) is 2.82. The zero-order chi connectivity index (χ0) is 27.0. The number of aryl methyl sites for hydroxylation is 1. The number of hydrogen-bond donors (Lipinski definition) is 0. The SMILES string of the molecule is Cn1c(=O)cc(N(C)[C@H]2CC[C@H](N(CC3CC3)c3ccc(F)c(OC(F)F)c3)CC2)c2nc(C#N)ccc21. The van der Waals surface area contributed by atoms with Crippen LogP contribution < -0.4 is 20.1 Å². The van der Waals surface area contributed by atoms with E-state index >= 15 is 0 Å². The van der Waals surface area contributed by atoms with Gasteiger partial charge in [0.1, 0.15) is 17.3 Å². The van der Waals surface area contributed by atoms with Gasteiger partial charge < -0.3 is 19.1 Å². The Kier molecular flexibility index (Phi) is 7.19. The molecule has 200 valence electrons. The normalized spacial score (nSPS) is 19.4. The molecule has 0 atom stereocenters. The Hall–Kier alpha value is -3.74. The van der Waals surface area contributed by atoms with Crippen molar-refractivity contribution in [3.63, 3.8) is 0 Å². The van der Waals surface area contributed by atoms with Gasteiger partial charge in [-0.15, -0.1) is 0 Å². The van der Waals surface area contributed by atoms with Gasteiger partial charge >= 0.3 is 6.61 Å². The number of hydrogen-bond acceptors (Lipinski definition) is 6. The number of halogens is 3. The summed E-state index contributed by atoms with van der Waals surface area (Å²) in [6.07, 6.45) is 5.65. The molecule has 0 spiro atoms. The number of fused-ring (bicyclic) bond motifs is 1. The van der Waals surface area contributed by atoms with Crippen molar-refractivity contribution in [2.45, 2.75) is 57.2 Å². The second-order valence-corrected chi connectivity index (χ2v) is 10.3. The summed E-state index contributed by atoms with van der Waals surface area (Å²) in [4.78, 5) is 21.5. The van der Waals surface area contributed by atoms with Gasteiger partial charge in [-0.05, 0) is 68.7 Å². The largest absolute Gasteiger partial charge is 0.432 e. The Morgan fingerprint density at radius 3 is 2.47 bits per heavy atom. The average Bonchev–Trinajstić information content (AvgIpc) is 3.74. The van der Waals surface area contributed by atoms with Crippen molar-refractivity contribution in [1.82, 2.24) is 9.55 Å². The van der Waals surface area contributed by atoms with E-state index in [1.54, 1.807) is 31.3 Å². The van der Waals surface area contributed by atoms with Crippen LogP contribution in [0.1, 0.15) is 44.2 Å². The Balaban J connectivity index is 1.36. The molecule has 2 aromatic heterocycles. The molecule has 5 rings (SSSR count). The summed E-state index contributed by atoms with van der Waals surface area (Å²) in [6.45, 7) is -2.29. The van der Waals surface area contributed by atoms with Gasteiger partial charge in [0.25, 0.3) is 5.56 Å². The van der Waals surface area contributed by atoms with Gasteiger partial charge in [0.2, 0.25) is 0 Å². The summed E-state index contributed by atoms with van der Waals surface area (Å²) in [5, 5.41) is 9.35. The number of rotatable bonds is 8. The number of benzene rings is 1. The number of alkyl halides is 2. The highest BCUT2D eigenvalue weighted by atomic mass is 19.3. The van der Waals surface area contributed by atoms with Gasteiger partial charge in [0.05, 0.1) is 11.2 Å². The Labute approximate surface area is 219 Å². The summed E-state index contributed by atoms with van der Waals surface area (Å²) < 4.78 is 45.7. The average molecular weight is 526 g/mol. The van der Waals surface area contributed by atoms with Crippen molar-refractivity contribution in [1.29, 1.82) is 5.26 Å². The predicted octanol–water partition coefficient (Wildman–Crippen LogP) is 5.21. The van der Waals surface area contributed by atoms with E-state index in [-0.39, 0.29) is 17.6 Å². The third-order valence-electron chi connectivity index (χ3n) is 7.83. The summed E-state index contributed by atoms with van der Waals surface area (Å²) in [7, 11) is 3.64. The molecule has 0 radical (unpaired) electrons. The van der Waals surface area contributed by atoms with E-state index in [2.05, 4.69) is 25.6 Å². The standard InChI is InChI=1S/C28H30F3N5O2/c1-34(24-14-26(37)35(2)23-12-5-18(15-32)33-27(23)24)19-6-8-20(9-7-19)36(16-17-3-4-17)21-10-11-22(29)25(13-21)38-28(30)31/h5,10-14,17,19-20,28H,3-4,6-9,16H2,1-2H3/t19-,20-. The minimum absolute atomic E-state index is 0.145. The van der Waals surface area contributed by atoms with E-state index in [1.807, 2.05) is 7.05 Å². The fourth-order valence-corrected chi connectivity index (χ4v) is 5.50. The molecule has 2 fully saturated rings. The lowest BCUT2D eigenvalue weighted by Crippen LogP contribution is -2.44. The first kappa shape index (κ1) is 25.9. The monoisotopic (exact) mass is 525 g/mol. The van der Waals surface area contributed by atoms with Crippen LogP contribution in [0.5, 0.6) is 5.75 Å². The molecule has 0 aliphatic heterocycles. The molecule has 3 aromatic rings. The molecule has 1 aromatic carbocycles. The molecule has 2 saturated carbocycles. The number of pyridine rings is 2. The maximum Gasteiger partial charge on any atom is 0.387 e. The van der Waals surface area contributed by atoms with Gasteiger partial charge in [-0.2, -0.15) is 14.0 Å². The van der Waals surface area contributed by atoms with Crippen LogP contribution in [0.2, 0.25) is 0 Å². The smallest absolute Gasteiger partial charge is 0.387 e. The zero-order valence-electron chi connectivity index (χ0n) is 21.4. The topological polar surface area (TPSA) is 74.4 Å². The van der Waals surface area contributed by atoms with Crippen molar-refractivity contribution in [2.24, 2.45) is 13.0 Å². The molecular weight excluding hydrogens is 495 g/mol. The molecule has 38 heavy (non-hydrogen) atoms. The molecule has 2 heterocycles. The van der Waals surface area contributed by atoms with Gasteiger partial charge in [0, 0.05) is 50.5 Å². The van der Waals surface area contributed by atoms with Crippen molar-refractivity contribution < 1.29 is 17.9 Å². The first-order valence-electron chi connectivity index (χ1n) is 12.9. The number of anilines is 2. The van der Waals surface area contributed by atoms with Crippen molar-refractivity contribution >= 4 is 22.4 Å². The van der Waals surface area contributed by atoms with Crippen LogP contribution in [0.4, 0.5) is 24.5 Å². The summed E-state index contributed by atoms with van der Waals surface area (Å²) in [5.74, 6) is -0.694. The highest BCUT2D eigenvalue weighted by Gasteiger charge is 2.33. The van der Waals surface area contributed by atoms with E-state index in [4.69, 9.17) is 0 Å². The van der Waals surface area contributed by atoms with Crippen molar-refractivity contribution in [3.05, 3.63) is 58.3 Å². The Morgan fingerprint density at radius 2 is 1.82 bits per heavy atom. The highest BCUT2D eigenvalue weighted by Crippen LogP contribution is 2.38. The zero-order valence-corrected chi connectivity index (χ0v) is 21.4. The van der Waals surface area contributed by atoms with Crippen LogP contribution in [0.3, 0.4) is 0 Å². The molecule has 0 saturated heterocycles. The van der Waals surface area contributed by atoms with Crippen LogP contribution in [0.25, 0.3) is 11.0 Å². The molecule has 0 amide bonds. The minimum Gasteiger partial charge on any atom is -0.432 e. The molecule has 2 aliphatic rings. The summed E-state index contributed by atoms with van der Waals surface area (Å²) >= 11 is 0. The fourth-order valence-electron chi connectivity index (χ4n) is 5.50. The fraction of sp³-hybridized carbons (Fsp3) is 0.464. The third kappa shape index (κ3) is 5.28. The van der Waals surface area contributed by atoms with Crippen LogP contribution >= 0.6 is 0 Å². The van der Waals surface area contributed by atoms with Gasteiger partial charge in [0.15, 0.2) is 11.6 Å². The number of nitrogens with zero attached hydrogens (tertiary/aromatic N) is 5. The lowest BCUT2D eigenvalue weighted by molar-refractivity contribution is -0.0521. The molecule has 0 bridgehead atoms. The molecule has 0 N–H and O–H groups in total. The second kappa shape index (κ2) is 10.6. The van der Waals surface area contributed by atoms with Crippen molar-refractivity contribution in [3.8, 4) is 11.8 Å². The van der Waals surface area contributed by atoms with Crippen LogP contribution in [-0.4, -0.2) is 41.8 Å². The van der Waals surface area contributed by atoms with Crippen molar-refractivity contribution in [2.75, 3.05) is 23.4 Å². The Bertz CT molecular complexity index is 1420. The molecule has 2 aliphatic carbocycles. The van der Waals surface area contributed by atoms with Gasteiger partial charge in [-0.3, -0.25) is 4.79 Å². The van der Waals surface area contributed by atoms with E-state index in [0.717, 1.165) is 45.1 Å². The van der Waals surface area contributed by atoms with E-state index in [9.17, 15) is 23.2 Å². The van der Waals surface area contributed by atoms with E-state index < -0.39 is 18.2 Å². The quantitative estimate of drug-likeness (QED) is 0.402. The van der Waals surface area contributed by atoms with Gasteiger partial charge in [-0.1, -0.05) is 0 Å². The van der Waals surface area contributed by atoms with E-state index in [1.165, 1.54) is 16.7 Å². The first-order chi connectivity index (χ1) is 18.2. The van der Waals surface area contributed by atoms with Crippen LogP contribution in [0, 0.1) is 23.1 Å². The number of ether oxygens (including phenoxy) is 1. The van der Waals surface area contributed by atoms with Gasteiger partial charge in [-0.25, -0.2) is 9.37 Å². The lowest BCUT2D eigenvalue weighted by atomic mass is 9.88. The maximum atomic E-state index is 14.1. The molecule has 0 unspecified atom stereocenters. The number of nitriles is 1. The lowest BCUT2D eigenvalue weighted by Gasteiger charge is -2.41. The Morgan fingerprint density at radius 1 is 1.11 bits per heavy atom. The summed E-state index contributed by atoms with van der Waals surface area (Å²) in [6, 6.07) is 11.5. The second-order valence-electron chi connectivity index (χ2n) is 10.3. The van der Waals surface area contributed by atoms with Crippen LogP contribution in [0.15, 0.2) is 41.2 Å². The molecule has 7 nitrogen and oxygen atoms in total. The molecular formula is C28H30F3N5O2. The number of aromatic nitrogens is 2. The predicted molar refractivity (Wildman–Crippen MR) is 139 cm³/mol. The van der Waals surface area contributed by atoms with Crippen LogP contribution in [-0.2, 0) is 7.05 Å². The third-order valence-corrected chi connectivity index (χ3v) is 7.83. The highest BCUT2D eigenvalue weighted by molar-refractivity contribution is 5.88. The molecule has 10 heteroatoms. The minimum atomic E-state index is -3.09.